The van der Waals surface area contributed by atoms with Crippen LogP contribution in [0.5, 0.6) is 5.75 Å². The van der Waals surface area contributed by atoms with Crippen molar-refractivity contribution in [3.8, 4) is 5.75 Å². The Bertz CT molecular complexity index is 1060. The van der Waals surface area contributed by atoms with Gasteiger partial charge in [-0.05, 0) is 38.1 Å². The molecule has 0 aliphatic carbocycles. The summed E-state index contributed by atoms with van der Waals surface area (Å²) in [5.41, 5.74) is 1.46. The van der Waals surface area contributed by atoms with Gasteiger partial charge >= 0.3 is 11.8 Å². The molecule has 0 spiro atoms. The van der Waals surface area contributed by atoms with Crippen LogP contribution in [0.4, 0.5) is 0 Å². The topological polar surface area (TPSA) is 124 Å². The van der Waals surface area contributed by atoms with E-state index in [4.69, 9.17) is 32.5 Å². The molecule has 10 nitrogen and oxygen atoms in total. The van der Waals surface area contributed by atoms with E-state index in [1.165, 1.54) is 0 Å². The second kappa shape index (κ2) is 10.3. The summed E-state index contributed by atoms with van der Waals surface area (Å²) >= 11 is 11.9. The number of benzene rings is 1. The molecule has 0 bridgehead atoms. The van der Waals surface area contributed by atoms with Crippen LogP contribution in [0.15, 0.2) is 28.8 Å². The zero-order valence-electron chi connectivity index (χ0n) is 16.8. The zero-order valence-corrected chi connectivity index (χ0v) is 18.3. The van der Waals surface area contributed by atoms with Crippen LogP contribution in [0.3, 0.4) is 0 Å². The fourth-order valence-electron chi connectivity index (χ4n) is 2.56. The number of carbonyl (C=O) groups excluding carboxylic acids is 2. The van der Waals surface area contributed by atoms with Crippen LogP contribution in [-0.2, 0) is 11.3 Å². The third-order valence-electron chi connectivity index (χ3n) is 4.16. The van der Waals surface area contributed by atoms with Gasteiger partial charge in [-0.2, -0.15) is 10.1 Å². The highest BCUT2D eigenvalue weighted by Crippen LogP contribution is 2.19. The number of amides is 2. The van der Waals surface area contributed by atoms with E-state index in [9.17, 15) is 9.59 Å². The van der Waals surface area contributed by atoms with Gasteiger partial charge in [0, 0.05) is 18.1 Å². The van der Waals surface area contributed by atoms with Crippen molar-refractivity contribution in [1.82, 2.24) is 30.6 Å². The third-order valence-corrected chi connectivity index (χ3v) is 4.96. The van der Waals surface area contributed by atoms with E-state index in [1.807, 2.05) is 6.92 Å². The fourth-order valence-corrected chi connectivity index (χ4v) is 2.82. The van der Waals surface area contributed by atoms with Gasteiger partial charge in [0.2, 0.25) is 0 Å². The lowest BCUT2D eigenvalue weighted by atomic mass is 10.3. The molecule has 0 aliphatic rings. The Hall–Kier alpha value is -3.11. The lowest BCUT2D eigenvalue weighted by molar-refractivity contribution is -0.123. The molecule has 2 N–H and O–H groups in total. The zero-order chi connectivity index (χ0) is 22.4. The van der Waals surface area contributed by atoms with Crippen LogP contribution in [0.1, 0.15) is 27.9 Å². The highest BCUT2D eigenvalue weighted by atomic mass is 35.5. The minimum atomic E-state index is -0.545. The molecule has 3 aromatic rings. The van der Waals surface area contributed by atoms with E-state index in [1.54, 1.807) is 35.9 Å². The van der Waals surface area contributed by atoms with E-state index in [0.717, 1.165) is 5.69 Å². The molecule has 164 valence electrons. The number of aryl methyl sites for hydroxylation is 1. The average molecular weight is 467 g/mol. The van der Waals surface area contributed by atoms with Crippen molar-refractivity contribution >= 4 is 35.0 Å². The SMILES string of the molecule is Cc1nn(Cc2noc(C(=O)NCCNC(=O)COc3ccc(Cl)cc3)n2)c(C)c1Cl. The van der Waals surface area contributed by atoms with E-state index >= 15 is 0 Å². The van der Waals surface area contributed by atoms with E-state index in [2.05, 4.69) is 25.9 Å². The predicted molar refractivity (Wildman–Crippen MR) is 112 cm³/mol. The molecule has 2 amide bonds. The number of hydrogen-bond donors (Lipinski definition) is 2. The maximum absolute atomic E-state index is 12.1. The summed E-state index contributed by atoms with van der Waals surface area (Å²) in [5, 5.41) is 14.4. The first-order valence-corrected chi connectivity index (χ1v) is 10.0. The van der Waals surface area contributed by atoms with Gasteiger partial charge < -0.3 is 19.9 Å². The van der Waals surface area contributed by atoms with E-state index in [-0.39, 0.29) is 38.0 Å². The number of aromatic nitrogens is 4. The van der Waals surface area contributed by atoms with E-state index in [0.29, 0.717) is 27.3 Å². The van der Waals surface area contributed by atoms with Crippen molar-refractivity contribution < 1.29 is 18.8 Å². The summed E-state index contributed by atoms with van der Waals surface area (Å²) in [7, 11) is 0. The largest absolute Gasteiger partial charge is 0.484 e. The molecular formula is C19H20Cl2N6O4. The van der Waals surface area contributed by atoms with E-state index < -0.39 is 5.91 Å². The Balaban J connectivity index is 1.38. The Kier molecular flexibility index (Phi) is 7.48. The van der Waals surface area contributed by atoms with Crippen molar-refractivity contribution in [2.24, 2.45) is 0 Å². The third kappa shape index (κ3) is 6.19. The maximum atomic E-state index is 12.1. The number of hydrogen-bond acceptors (Lipinski definition) is 7. The minimum absolute atomic E-state index is 0.154. The van der Waals surface area contributed by atoms with Crippen molar-refractivity contribution in [2.75, 3.05) is 19.7 Å². The van der Waals surface area contributed by atoms with Crippen LogP contribution in [0.2, 0.25) is 10.0 Å². The van der Waals surface area contributed by atoms with Crippen LogP contribution < -0.4 is 15.4 Å². The predicted octanol–water partition coefficient (Wildman–Crippen LogP) is 2.16. The van der Waals surface area contributed by atoms with Gasteiger partial charge in [0.15, 0.2) is 12.4 Å². The van der Waals surface area contributed by atoms with Crippen LogP contribution in [0, 0.1) is 13.8 Å². The second-order valence-corrected chi connectivity index (χ2v) is 7.32. The summed E-state index contributed by atoms with van der Waals surface area (Å²) in [4.78, 5) is 28.0. The molecule has 3 rings (SSSR count). The summed E-state index contributed by atoms with van der Waals surface area (Å²) in [5.74, 6) is -0.229. The number of rotatable bonds is 9. The number of carbonyl (C=O) groups is 2. The molecule has 0 unspecified atom stereocenters. The summed E-state index contributed by atoms with van der Waals surface area (Å²) < 4.78 is 11.9. The molecule has 0 fully saturated rings. The monoisotopic (exact) mass is 466 g/mol. The molecule has 2 heterocycles. The number of nitrogens with one attached hydrogen (secondary N) is 2. The molecule has 0 saturated heterocycles. The molecule has 0 aliphatic heterocycles. The first-order valence-electron chi connectivity index (χ1n) is 9.29. The Morgan fingerprint density at radius 3 is 2.52 bits per heavy atom. The summed E-state index contributed by atoms with van der Waals surface area (Å²) in [6, 6.07) is 6.66. The summed E-state index contributed by atoms with van der Waals surface area (Å²) in [6.45, 7) is 4.07. The molecular weight excluding hydrogens is 447 g/mol. The molecule has 0 saturated carbocycles. The van der Waals surface area contributed by atoms with Crippen molar-refractivity contribution in [2.45, 2.75) is 20.4 Å². The van der Waals surface area contributed by atoms with Gasteiger partial charge in [-0.15, -0.1) is 0 Å². The molecule has 31 heavy (non-hydrogen) atoms. The number of halogens is 2. The lowest BCUT2D eigenvalue weighted by Crippen LogP contribution is -2.36. The normalized spacial score (nSPS) is 10.7. The highest BCUT2D eigenvalue weighted by Gasteiger charge is 2.17. The molecule has 0 radical (unpaired) electrons. The maximum Gasteiger partial charge on any atom is 0.316 e. The van der Waals surface area contributed by atoms with Crippen LogP contribution in [-0.4, -0.2) is 51.4 Å². The van der Waals surface area contributed by atoms with Gasteiger partial charge in [0.1, 0.15) is 12.3 Å². The molecule has 12 heteroatoms. The smallest absolute Gasteiger partial charge is 0.316 e. The number of ether oxygens (including phenoxy) is 1. The Morgan fingerprint density at radius 2 is 1.84 bits per heavy atom. The lowest BCUT2D eigenvalue weighted by Gasteiger charge is -2.07. The first-order chi connectivity index (χ1) is 14.8. The number of nitrogens with zero attached hydrogens (tertiary/aromatic N) is 4. The van der Waals surface area contributed by atoms with Gasteiger partial charge in [-0.25, -0.2) is 0 Å². The average Bonchev–Trinajstić information content (AvgIpc) is 3.31. The van der Waals surface area contributed by atoms with Gasteiger partial charge in [-0.1, -0.05) is 28.4 Å². The van der Waals surface area contributed by atoms with Crippen molar-refractivity contribution in [3.63, 3.8) is 0 Å². The van der Waals surface area contributed by atoms with Gasteiger partial charge in [0.25, 0.3) is 5.91 Å². The van der Waals surface area contributed by atoms with Crippen molar-refractivity contribution in [1.29, 1.82) is 0 Å². The molecule has 1 aromatic carbocycles. The first kappa shape index (κ1) is 22.6. The Labute approximate surface area is 187 Å². The molecule has 2 aromatic heterocycles. The van der Waals surface area contributed by atoms with Crippen LogP contribution >= 0.6 is 23.2 Å². The minimum Gasteiger partial charge on any atom is -0.484 e. The quantitative estimate of drug-likeness (QED) is 0.462. The Morgan fingerprint density at radius 1 is 1.13 bits per heavy atom. The van der Waals surface area contributed by atoms with Crippen molar-refractivity contribution in [3.05, 3.63) is 57.4 Å². The van der Waals surface area contributed by atoms with Crippen LogP contribution in [0.25, 0.3) is 0 Å². The highest BCUT2D eigenvalue weighted by molar-refractivity contribution is 6.31. The summed E-state index contributed by atoms with van der Waals surface area (Å²) in [6.07, 6.45) is 0. The standard InChI is InChI=1S/C19H20Cl2N6O4/c1-11-17(21)12(2)27(25-11)9-15-24-19(31-26-15)18(29)23-8-7-22-16(28)10-30-14-5-3-13(20)4-6-14/h3-6H,7-10H2,1-2H3,(H,22,28)(H,23,29). The van der Waals surface area contributed by atoms with Gasteiger partial charge in [0.05, 0.1) is 16.4 Å². The molecule has 0 atom stereocenters. The van der Waals surface area contributed by atoms with Gasteiger partial charge in [-0.3, -0.25) is 14.3 Å². The fraction of sp³-hybridized carbons (Fsp3) is 0.316. The second-order valence-electron chi connectivity index (χ2n) is 6.51.